The van der Waals surface area contributed by atoms with E-state index in [4.69, 9.17) is 15.5 Å². The van der Waals surface area contributed by atoms with Gasteiger partial charge in [0.1, 0.15) is 17.1 Å². The Kier molecular flexibility index (Phi) is 7.03. The number of hydrogen-bond acceptors (Lipinski definition) is 9. The normalized spacial score (nSPS) is 11.6. The quantitative estimate of drug-likeness (QED) is 0.347. The molecule has 0 bridgehead atoms. The van der Waals surface area contributed by atoms with E-state index >= 15 is 0 Å². The second-order valence-electron chi connectivity index (χ2n) is 8.64. The summed E-state index contributed by atoms with van der Waals surface area (Å²) in [5.41, 5.74) is 7.89. The summed E-state index contributed by atoms with van der Waals surface area (Å²) in [5, 5.41) is 6.59. The van der Waals surface area contributed by atoms with Crippen LogP contribution in [0.1, 0.15) is 27.2 Å². The van der Waals surface area contributed by atoms with Gasteiger partial charge in [-0.05, 0) is 24.6 Å². The van der Waals surface area contributed by atoms with Gasteiger partial charge in [0, 0.05) is 40.5 Å². The number of aromatic nitrogens is 5. The van der Waals surface area contributed by atoms with E-state index in [0.717, 1.165) is 26.4 Å². The van der Waals surface area contributed by atoms with Gasteiger partial charge in [-0.15, -0.1) is 11.3 Å². The minimum absolute atomic E-state index is 0.0219. The number of benzene rings is 1. The van der Waals surface area contributed by atoms with Crippen molar-refractivity contribution >= 4 is 46.0 Å². The van der Waals surface area contributed by atoms with Crippen LogP contribution in [0.15, 0.2) is 46.2 Å². The molecule has 1 amide bonds. The SMILES string of the molecule is COc1ccc(-c2nccs2)c(Sc2nc3c(N)ncnc3n2CCCNC(=O)C(C)(C)C)c1. The highest BCUT2D eigenvalue weighted by Gasteiger charge is 2.21. The standard InChI is InChI=1S/C23H27N7O2S2/c1-23(2,3)21(31)26-8-5-10-30-19-17(18(24)27-13-28-19)29-22(30)34-16-12-14(32-4)6-7-15(16)20-25-9-11-33-20/h6-7,9,11-13H,5,8,10H2,1-4H3,(H,26,31)(H2,24,27,28). The first-order chi connectivity index (χ1) is 16.3. The van der Waals surface area contributed by atoms with Gasteiger partial charge in [0.2, 0.25) is 5.91 Å². The molecule has 3 aromatic heterocycles. The molecular formula is C23H27N7O2S2. The molecule has 9 nitrogen and oxygen atoms in total. The number of nitrogen functional groups attached to an aromatic ring is 1. The van der Waals surface area contributed by atoms with Crippen LogP contribution in [0.25, 0.3) is 21.7 Å². The maximum atomic E-state index is 12.2. The van der Waals surface area contributed by atoms with Gasteiger partial charge in [-0.1, -0.05) is 32.5 Å². The maximum absolute atomic E-state index is 12.2. The van der Waals surface area contributed by atoms with E-state index in [2.05, 4.69) is 20.3 Å². The van der Waals surface area contributed by atoms with Crippen LogP contribution < -0.4 is 15.8 Å². The number of ether oxygens (including phenoxy) is 1. The number of amides is 1. The molecule has 0 saturated carbocycles. The van der Waals surface area contributed by atoms with Crippen molar-refractivity contribution in [2.75, 3.05) is 19.4 Å². The highest BCUT2D eigenvalue weighted by molar-refractivity contribution is 7.99. The number of carbonyl (C=O) groups is 1. The Labute approximate surface area is 206 Å². The molecule has 0 unspecified atom stereocenters. The van der Waals surface area contributed by atoms with Crippen LogP contribution in [0.3, 0.4) is 0 Å². The Balaban J connectivity index is 1.66. The lowest BCUT2D eigenvalue weighted by atomic mass is 9.96. The summed E-state index contributed by atoms with van der Waals surface area (Å²) in [6.07, 6.45) is 3.94. The number of nitrogens with two attached hydrogens (primary N) is 1. The molecule has 0 aliphatic rings. The average molecular weight is 498 g/mol. The van der Waals surface area contributed by atoms with Gasteiger partial charge in [0.05, 0.1) is 7.11 Å². The zero-order chi connectivity index (χ0) is 24.3. The van der Waals surface area contributed by atoms with E-state index in [9.17, 15) is 4.79 Å². The smallest absolute Gasteiger partial charge is 0.225 e. The Bertz CT molecular complexity index is 1300. The van der Waals surface area contributed by atoms with Crippen LogP contribution >= 0.6 is 23.1 Å². The van der Waals surface area contributed by atoms with Gasteiger partial charge < -0.3 is 20.4 Å². The predicted octanol–water partition coefficient (Wildman–Crippen LogP) is 4.24. The third kappa shape index (κ3) is 5.15. The highest BCUT2D eigenvalue weighted by atomic mass is 32.2. The number of nitrogens with zero attached hydrogens (tertiary/aromatic N) is 5. The van der Waals surface area contributed by atoms with E-state index in [1.54, 1.807) is 24.6 Å². The highest BCUT2D eigenvalue weighted by Crippen LogP contribution is 2.39. The molecule has 3 heterocycles. The molecule has 0 radical (unpaired) electrons. The number of methoxy groups -OCH3 is 1. The van der Waals surface area contributed by atoms with Crippen LogP contribution in [-0.4, -0.2) is 44.1 Å². The van der Waals surface area contributed by atoms with Crippen molar-refractivity contribution in [3.05, 3.63) is 36.1 Å². The van der Waals surface area contributed by atoms with Crippen LogP contribution in [0.2, 0.25) is 0 Å². The summed E-state index contributed by atoms with van der Waals surface area (Å²) in [6.45, 7) is 6.84. The third-order valence-electron chi connectivity index (χ3n) is 5.10. The molecule has 0 aliphatic carbocycles. The Morgan fingerprint density at radius 2 is 2.09 bits per heavy atom. The van der Waals surface area contributed by atoms with E-state index in [0.29, 0.717) is 36.5 Å². The van der Waals surface area contributed by atoms with Crippen molar-refractivity contribution in [3.63, 3.8) is 0 Å². The van der Waals surface area contributed by atoms with E-state index in [1.165, 1.54) is 18.1 Å². The molecular weight excluding hydrogens is 470 g/mol. The largest absolute Gasteiger partial charge is 0.497 e. The number of anilines is 1. The topological polar surface area (TPSA) is 121 Å². The summed E-state index contributed by atoms with van der Waals surface area (Å²) in [7, 11) is 1.64. The van der Waals surface area contributed by atoms with Gasteiger partial charge in [0.25, 0.3) is 0 Å². The first-order valence-corrected chi connectivity index (χ1v) is 12.5. The Morgan fingerprint density at radius 3 is 2.79 bits per heavy atom. The number of carbonyl (C=O) groups excluding carboxylic acids is 1. The molecule has 0 spiro atoms. The van der Waals surface area contributed by atoms with Crippen LogP contribution in [-0.2, 0) is 11.3 Å². The van der Waals surface area contributed by atoms with Crippen molar-refractivity contribution in [2.45, 2.75) is 43.8 Å². The van der Waals surface area contributed by atoms with Crippen LogP contribution in [0, 0.1) is 5.41 Å². The number of imidazole rings is 1. The number of thiazole rings is 1. The van der Waals surface area contributed by atoms with Crippen molar-refractivity contribution in [3.8, 4) is 16.3 Å². The first-order valence-electron chi connectivity index (χ1n) is 10.8. The van der Waals surface area contributed by atoms with Gasteiger partial charge in [-0.25, -0.2) is 19.9 Å². The lowest BCUT2D eigenvalue weighted by Gasteiger charge is -2.17. The van der Waals surface area contributed by atoms with Crippen molar-refractivity contribution in [2.24, 2.45) is 5.41 Å². The van der Waals surface area contributed by atoms with Crippen molar-refractivity contribution < 1.29 is 9.53 Å². The fraction of sp³-hybridized carbons (Fsp3) is 0.348. The monoisotopic (exact) mass is 497 g/mol. The second-order valence-corrected chi connectivity index (χ2v) is 10.5. The molecule has 1 aromatic carbocycles. The molecule has 4 aromatic rings. The first kappa shape index (κ1) is 24.0. The molecule has 11 heteroatoms. The number of rotatable bonds is 8. The zero-order valence-electron chi connectivity index (χ0n) is 19.5. The minimum Gasteiger partial charge on any atom is -0.497 e. The number of aryl methyl sites for hydroxylation is 1. The summed E-state index contributed by atoms with van der Waals surface area (Å²) in [6, 6.07) is 5.90. The lowest BCUT2D eigenvalue weighted by molar-refractivity contribution is -0.128. The zero-order valence-corrected chi connectivity index (χ0v) is 21.2. The van der Waals surface area contributed by atoms with E-state index in [-0.39, 0.29) is 5.91 Å². The number of fused-ring (bicyclic) bond motifs is 1. The Morgan fingerprint density at radius 1 is 1.26 bits per heavy atom. The summed E-state index contributed by atoms with van der Waals surface area (Å²) in [4.78, 5) is 30.9. The fourth-order valence-corrected chi connectivity index (χ4v) is 5.08. The second kappa shape index (κ2) is 9.98. The summed E-state index contributed by atoms with van der Waals surface area (Å²) in [5.74, 6) is 1.10. The Hall–Kier alpha value is -3.18. The molecule has 34 heavy (non-hydrogen) atoms. The molecule has 0 atom stereocenters. The molecule has 3 N–H and O–H groups in total. The third-order valence-corrected chi connectivity index (χ3v) is 6.96. The van der Waals surface area contributed by atoms with Crippen molar-refractivity contribution in [1.82, 2.24) is 29.8 Å². The van der Waals surface area contributed by atoms with E-state index in [1.807, 2.05) is 48.9 Å². The maximum Gasteiger partial charge on any atom is 0.225 e. The summed E-state index contributed by atoms with van der Waals surface area (Å²) >= 11 is 3.07. The molecule has 178 valence electrons. The molecule has 4 rings (SSSR count). The predicted molar refractivity (Wildman–Crippen MR) is 135 cm³/mol. The van der Waals surface area contributed by atoms with Crippen LogP contribution in [0.4, 0.5) is 5.82 Å². The fourth-order valence-electron chi connectivity index (χ4n) is 3.26. The molecule has 0 saturated heterocycles. The number of nitrogens with one attached hydrogen (secondary N) is 1. The van der Waals surface area contributed by atoms with E-state index < -0.39 is 5.41 Å². The van der Waals surface area contributed by atoms with Gasteiger partial charge in [-0.3, -0.25) is 4.79 Å². The van der Waals surface area contributed by atoms with Gasteiger partial charge in [-0.2, -0.15) is 0 Å². The minimum atomic E-state index is -0.428. The van der Waals surface area contributed by atoms with Crippen molar-refractivity contribution in [1.29, 1.82) is 0 Å². The van der Waals surface area contributed by atoms with Gasteiger partial charge >= 0.3 is 0 Å². The average Bonchev–Trinajstić information content (AvgIpc) is 3.45. The van der Waals surface area contributed by atoms with Gasteiger partial charge in [0.15, 0.2) is 22.1 Å². The molecule has 0 aliphatic heterocycles. The lowest BCUT2D eigenvalue weighted by Crippen LogP contribution is -2.35. The van der Waals surface area contributed by atoms with Crippen LogP contribution in [0.5, 0.6) is 5.75 Å². The molecule has 0 fully saturated rings. The number of hydrogen-bond donors (Lipinski definition) is 2. The summed E-state index contributed by atoms with van der Waals surface area (Å²) < 4.78 is 7.48.